The number of allylic oxidation sites excluding steroid dienone is 1. The van der Waals surface area contributed by atoms with Crippen LogP contribution in [0, 0.1) is 0 Å². The van der Waals surface area contributed by atoms with Crippen LogP contribution in [0.3, 0.4) is 0 Å². The first-order chi connectivity index (χ1) is 8.50. The number of carbonyl (C=O) groups excluding carboxylic acids is 2. The predicted octanol–water partition coefficient (Wildman–Crippen LogP) is 1.61. The highest BCUT2D eigenvalue weighted by atomic mass is 16.3. The normalized spacial score (nSPS) is 19.2. The van der Waals surface area contributed by atoms with E-state index in [-0.39, 0.29) is 17.6 Å². The summed E-state index contributed by atoms with van der Waals surface area (Å²) in [5.74, 6) is -0.0931. The van der Waals surface area contributed by atoms with E-state index >= 15 is 0 Å². The van der Waals surface area contributed by atoms with Crippen LogP contribution in [-0.2, 0) is 4.79 Å². The van der Waals surface area contributed by atoms with Gasteiger partial charge in [-0.1, -0.05) is 18.2 Å². The molecule has 94 valence electrons. The molecular weight excluding hydrogens is 232 g/mol. The van der Waals surface area contributed by atoms with Crippen molar-refractivity contribution in [1.82, 2.24) is 10.6 Å². The van der Waals surface area contributed by atoms with Crippen LogP contribution in [0.15, 0.2) is 35.5 Å². The molecule has 2 rings (SSSR count). The number of ketones is 1. The summed E-state index contributed by atoms with van der Waals surface area (Å²) >= 11 is 0. The Balaban J connectivity index is 2.54. The summed E-state index contributed by atoms with van der Waals surface area (Å²) in [4.78, 5) is 23.2. The lowest BCUT2D eigenvalue weighted by Gasteiger charge is -2.28. The van der Waals surface area contributed by atoms with Crippen molar-refractivity contribution in [3.05, 3.63) is 41.1 Å². The lowest BCUT2D eigenvalue weighted by atomic mass is 9.92. The van der Waals surface area contributed by atoms with E-state index in [4.69, 9.17) is 0 Å². The Labute approximate surface area is 105 Å². The molecule has 0 radical (unpaired) electrons. The highest BCUT2D eigenvalue weighted by Crippen LogP contribution is 2.32. The zero-order chi connectivity index (χ0) is 13.3. The monoisotopic (exact) mass is 246 g/mol. The second-order valence-corrected chi connectivity index (χ2v) is 4.19. The van der Waals surface area contributed by atoms with E-state index in [1.165, 1.54) is 13.0 Å². The van der Waals surface area contributed by atoms with Gasteiger partial charge >= 0.3 is 6.03 Å². The van der Waals surface area contributed by atoms with E-state index in [9.17, 15) is 14.7 Å². The zero-order valence-corrected chi connectivity index (χ0v) is 10.2. The summed E-state index contributed by atoms with van der Waals surface area (Å²) in [5.41, 5.74) is 1.48. The fourth-order valence-electron chi connectivity index (χ4n) is 2.13. The zero-order valence-electron chi connectivity index (χ0n) is 10.2. The third-order valence-corrected chi connectivity index (χ3v) is 2.90. The maximum atomic E-state index is 11.7. The van der Waals surface area contributed by atoms with E-state index < -0.39 is 6.04 Å². The van der Waals surface area contributed by atoms with Crippen molar-refractivity contribution in [1.29, 1.82) is 0 Å². The number of phenols is 1. The third kappa shape index (κ3) is 2.07. The van der Waals surface area contributed by atoms with Gasteiger partial charge < -0.3 is 15.7 Å². The molecule has 0 aromatic heterocycles. The number of carbonyl (C=O) groups is 2. The average molecular weight is 246 g/mol. The Kier molecular flexibility index (Phi) is 3.06. The molecule has 3 N–H and O–H groups in total. The topological polar surface area (TPSA) is 78.4 Å². The van der Waals surface area contributed by atoms with Crippen molar-refractivity contribution in [3.8, 4) is 5.75 Å². The molecular formula is C13H14N2O3. The van der Waals surface area contributed by atoms with Gasteiger partial charge in [-0.05, 0) is 19.9 Å². The molecule has 0 aliphatic carbocycles. The number of benzene rings is 1. The van der Waals surface area contributed by atoms with Gasteiger partial charge in [-0.3, -0.25) is 4.79 Å². The van der Waals surface area contributed by atoms with E-state index in [2.05, 4.69) is 10.6 Å². The van der Waals surface area contributed by atoms with Crippen molar-refractivity contribution < 1.29 is 14.7 Å². The molecule has 1 aliphatic heterocycles. The predicted molar refractivity (Wildman–Crippen MR) is 65.9 cm³/mol. The molecule has 0 unspecified atom stereocenters. The van der Waals surface area contributed by atoms with Crippen molar-refractivity contribution in [3.63, 3.8) is 0 Å². The first-order valence-electron chi connectivity index (χ1n) is 5.58. The molecule has 5 heteroatoms. The number of amides is 2. The van der Waals surface area contributed by atoms with E-state index in [1.807, 2.05) is 0 Å². The van der Waals surface area contributed by atoms with Crippen LogP contribution in [0.2, 0.25) is 0 Å². The van der Waals surface area contributed by atoms with Crippen molar-refractivity contribution in [2.45, 2.75) is 19.9 Å². The molecule has 1 aliphatic rings. The lowest BCUT2D eigenvalue weighted by molar-refractivity contribution is -0.114. The van der Waals surface area contributed by atoms with Crippen LogP contribution in [-0.4, -0.2) is 16.9 Å². The first-order valence-corrected chi connectivity index (χ1v) is 5.58. The van der Waals surface area contributed by atoms with Gasteiger partial charge in [0.25, 0.3) is 0 Å². The van der Waals surface area contributed by atoms with Crippen LogP contribution in [0.5, 0.6) is 5.75 Å². The standard InChI is InChI=1S/C13H14N2O3/c1-7-11(8(2)16)12(15-13(18)14-7)9-5-3-4-6-10(9)17/h3-6,12,17H,1-2H3,(H2,14,15,18)/t12-/m0/s1. The highest BCUT2D eigenvalue weighted by Gasteiger charge is 2.30. The number of aromatic hydroxyl groups is 1. The SMILES string of the molecule is CC(=O)C1=C(C)NC(=O)N[C@H]1c1ccccc1O. The van der Waals surface area contributed by atoms with Gasteiger partial charge in [0.1, 0.15) is 5.75 Å². The Morgan fingerprint density at radius 3 is 2.61 bits per heavy atom. The number of nitrogens with one attached hydrogen (secondary N) is 2. The van der Waals surface area contributed by atoms with E-state index in [0.717, 1.165) is 0 Å². The number of hydrogen-bond acceptors (Lipinski definition) is 3. The minimum absolute atomic E-state index is 0.0521. The highest BCUT2D eigenvalue weighted by molar-refractivity contribution is 5.98. The average Bonchev–Trinajstić information content (AvgIpc) is 2.27. The van der Waals surface area contributed by atoms with Gasteiger partial charge in [-0.2, -0.15) is 0 Å². The Hall–Kier alpha value is -2.30. The number of para-hydroxylation sites is 1. The van der Waals surface area contributed by atoms with Gasteiger partial charge in [0.05, 0.1) is 6.04 Å². The summed E-state index contributed by atoms with van der Waals surface area (Å²) in [7, 11) is 0. The van der Waals surface area contributed by atoms with Crippen LogP contribution in [0.4, 0.5) is 4.79 Å². The largest absolute Gasteiger partial charge is 0.508 e. The fourth-order valence-corrected chi connectivity index (χ4v) is 2.13. The molecule has 1 atom stereocenters. The fraction of sp³-hybridized carbons (Fsp3) is 0.231. The van der Waals surface area contributed by atoms with Crippen LogP contribution in [0.25, 0.3) is 0 Å². The second-order valence-electron chi connectivity index (χ2n) is 4.19. The number of rotatable bonds is 2. The molecule has 0 fully saturated rings. The molecule has 0 spiro atoms. The molecule has 18 heavy (non-hydrogen) atoms. The van der Waals surface area contributed by atoms with Gasteiger partial charge in [0, 0.05) is 16.8 Å². The lowest BCUT2D eigenvalue weighted by Crippen LogP contribution is -2.44. The van der Waals surface area contributed by atoms with Crippen molar-refractivity contribution >= 4 is 11.8 Å². The van der Waals surface area contributed by atoms with Gasteiger partial charge in [-0.25, -0.2) is 4.79 Å². The van der Waals surface area contributed by atoms with Crippen molar-refractivity contribution in [2.75, 3.05) is 0 Å². The Morgan fingerprint density at radius 1 is 1.33 bits per heavy atom. The summed E-state index contributed by atoms with van der Waals surface area (Å²) in [6.45, 7) is 3.10. The van der Waals surface area contributed by atoms with Crippen molar-refractivity contribution in [2.24, 2.45) is 0 Å². The second kappa shape index (κ2) is 4.52. The molecule has 1 heterocycles. The summed E-state index contributed by atoms with van der Waals surface area (Å²) in [5, 5.41) is 15.0. The minimum atomic E-state index is -0.613. The van der Waals surface area contributed by atoms with Gasteiger partial charge in [0.2, 0.25) is 0 Å². The quantitative estimate of drug-likeness (QED) is 0.741. The van der Waals surface area contributed by atoms with Crippen LogP contribution < -0.4 is 10.6 Å². The first kappa shape index (κ1) is 12.2. The minimum Gasteiger partial charge on any atom is -0.508 e. The number of Topliss-reactive ketones (excluding diaryl/α,β-unsaturated/α-hetero) is 1. The molecule has 5 nitrogen and oxygen atoms in total. The maximum absolute atomic E-state index is 11.7. The van der Waals surface area contributed by atoms with Gasteiger partial charge in [-0.15, -0.1) is 0 Å². The van der Waals surface area contributed by atoms with Gasteiger partial charge in [0.15, 0.2) is 5.78 Å². The Morgan fingerprint density at radius 2 is 2.00 bits per heavy atom. The van der Waals surface area contributed by atoms with E-state index in [1.54, 1.807) is 25.1 Å². The molecule has 0 saturated carbocycles. The molecule has 1 aromatic carbocycles. The summed E-state index contributed by atoms with van der Waals surface area (Å²) in [6, 6.07) is 5.64. The maximum Gasteiger partial charge on any atom is 0.319 e. The number of hydrogen-bond donors (Lipinski definition) is 3. The molecule has 0 saturated heterocycles. The Bertz CT molecular complexity index is 549. The van der Waals surface area contributed by atoms with Crippen LogP contribution in [0.1, 0.15) is 25.5 Å². The smallest absolute Gasteiger partial charge is 0.319 e. The summed E-state index contributed by atoms with van der Waals surface area (Å²) < 4.78 is 0. The number of phenolic OH excluding ortho intramolecular Hbond substituents is 1. The molecule has 2 amide bonds. The van der Waals surface area contributed by atoms with Crippen LogP contribution >= 0.6 is 0 Å². The number of urea groups is 1. The third-order valence-electron chi connectivity index (χ3n) is 2.90. The molecule has 1 aromatic rings. The van der Waals surface area contributed by atoms with E-state index in [0.29, 0.717) is 16.8 Å². The molecule has 0 bridgehead atoms. The summed E-state index contributed by atoms with van der Waals surface area (Å²) in [6.07, 6.45) is 0.